The zero-order valence-corrected chi connectivity index (χ0v) is 9.38. The lowest BCUT2D eigenvalue weighted by atomic mass is 10.1. The monoisotopic (exact) mass is 236 g/mol. The molecule has 0 radical (unpaired) electrons. The number of methoxy groups -OCH3 is 1. The number of hydrogen-bond acceptors (Lipinski definition) is 3. The molecule has 0 fully saturated rings. The highest BCUT2D eigenvalue weighted by molar-refractivity contribution is 7.08. The summed E-state index contributed by atoms with van der Waals surface area (Å²) in [5.74, 6) is -0.947. The molecule has 0 saturated heterocycles. The highest BCUT2D eigenvalue weighted by Gasteiger charge is 2.10. The summed E-state index contributed by atoms with van der Waals surface area (Å²) in [5, 5.41) is 3.74. The second-order valence-corrected chi connectivity index (χ2v) is 3.98. The van der Waals surface area contributed by atoms with Crippen LogP contribution < -0.4 is 0 Å². The SMILES string of the molecule is COC(=O)c1ccc(-c2ccsc2)c(F)c1. The van der Waals surface area contributed by atoms with E-state index >= 15 is 0 Å². The molecule has 0 unspecified atom stereocenters. The Kier molecular flexibility index (Phi) is 3.01. The van der Waals surface area contributed by atoms with E-state index < -0.39 is 11.8 Å². The van der Waals surface area contributed by atoms with Crippen molar-refractivity contribution < 1.29 is 13.9 Å². The zero-order valence-electron chi connectivity index (χ0n) is 8.57. The van der Waals surface area contributed by atoms with Crippen LogP contribution in [0.1, 0.15) is 10.4 Å². The average molecular weight is 236 g/mol. The highest BCUT2D eigenvalue weighted by atomic mass is 32.1. The van der Waals surface area contributed by atoms with Crippen LogP contribution in [-0.4, -0.2) is 13.1 Å². The Morgan fingerprint density at radius 1 is 1.38 bits per heavy atom. The van der Waals surface area contributed by atoms with E-state index in [9.17, 15) is 9.18 Å². The molecule has 0 aliphatic carbocycles. The van der Waals surface area contributed by atoms with E-state index in [4.69, 9.17) is 0 Å². The van der Waals surface area contributed by atoms with Crippen LogP contribution >= 0.6 is 11.3 Å². The number of esters is 1. The predicted octanol–water partition coefficient (Wildman–Crippen LogP) is 3.34. The van der Waals surface area contributed by atoms with Crippen LogP contribution in [0, 0.1) is 5.82 Å². The number of halogens is 1. The van der Waals surface area contributed by atoms with Gasteiger partial charge in [-0.25, -0.2) is 9.18 Å². The van der Waals surface area contributed by atoms with Crippen LogP contribution in [0.5, 0.6) is 0 Å². The first-order valence-corrected chi connectivity index (χ1v) is 5.57. The molecule has 1 aromatic carbocycles. The van der Waals surface area contributed by atoms with Crippen LogP contribution in [0.15, 0.2) is 35.0 Å². The summed E-state index contributed by atoms with van der Waals surface area (Å²) in [5.41, 5.74) is 1.53. The van der Waals surface area contributed by atoms with Crippen molar-refractivity contribution in [3.8, 4) is 11.1 Å². The predicted molar refractivity (Wildman–Crippen MR) is 61.1 cm³/mol. The second kappa shape index (κ2) is 4.45. The average Bonchev–Trinajstić information content (AvgIpc) is 2.81. The first kappa shape index (κ1) is 10.8. The van der Waals surface area contributed by atoms with Crippen molar-refractivity contribution in [2.24, 2.45) is 0 Å². The topological polar surface area (TPSA) is 26.3 Å². The van der Waals surface area contributed by atoms with Gasteiger partial charge in [0.1, 0.15) is 5.82 Å². The van der Waals surface area contributed by atoms with Crippen LogP contribution in [0.25, 0.3) is 11.1 Å². The van der Waals surface area contributed by atoms with Gasteiger partial charge in [-0.05, 0) is 34.5 Å². The molecule has 1 heterocycles. The molecule has 82 valence electrons. The molecule has 0 amide bonds. The third kappa shape index (κ3) is 1.97. The Hall–Kier alpha value is -1.68. The first-order chi connectivity index (χ1) is 7.72. The molecule has 2 aromatic rings. The maximum absolute atomic E-state index is 13.7. The number of hydrogen-bond donors (Lipinski definition) is 0. The number of carbonyl (C=O) groups is 1. The van der Waals surface area contributed by atoms with Crippen molar-refractivity contribution in [2.45, 2.75) is 0 Å². The van der Waals surface area contributed by atoms with Gasteiger partial charge < -0.3 is 4.74 Å². The molecular weight excluding hydrogens is 227 g/mol. The van der Waals surface area contributed by atoms with Gasteiger partial charge in [0.2, 0.25) is 0 Å². The maximum Gasteiger partial charge on any atom is 0.337 e. The fourth-order valence-electron chi connectivity index (χ4n) is 1.41. The summed E-state index contributed by atoms with van der Waals surface area (Å²) in [6.45, 7) is 0. The van der Waals surface area contributed by atoms with Gasteiger partial charge in [0.15, 0.2) is 0 Å². The van der Waals surface area contributed by atoms with Gasteiger partial charge in [-0.1, -0.05) is 6.07 Å². The molecule has 4 heteroatoms. The van der Waals surface area contributed by atoms with E-state index in [1.807, 2.05) is 16.8 Å². The van der Waals surface area contributed by atoms with Crippen molar-refractivity contribution in [1.82, 2.24) is 0 Å². The number of carbonyl (C=O) groups excluding carboxylic acids is 1. The lowest BCUT2D eigenvalue weighted by molar-refractivity contribution is 0.0600. The number of ether oxygens (including phenoxy) is 1. The lowest BCUT2D eigenvalue weighted by Gasteiger charge is -2.03. The van der Waals surface area contributed by atoms with Gasteiger partial charge in [-0.15, -0.1) is 0 Å². The molecule has 0 saturated carbocycles. The minimum atomic E-state index is -0.532. The Morgan fingerprint density at radius 2 is 2.19 bits per heavy atom. The minimum Gasteiger partial charge on any atom is -0.465 e. The molecule has 1 aromatic heterocycles. The molecule has 2 nitrogen and oxygen atoms in total. The number of benzene rings is 1. The summed E-state index contributed by atoms with van der Waals surface area (Å²) in [6.07, 6.45) is 0. The van der Waals surface area contributed by atoms with Crippen molar-refractivity contribution >= 4 is 17.3 Å². The largest absolute Gasteiger partial charge is 0.465 e. The van der Waals surface area contributed by atoms with Crippen molar-refractivity contribution in [3.05, 3.63) is 46.4 Å². The Labute approximate surface area is 96.3 Å². The zero-order chi connectivity index (χ0) is 11.5. The third-order valence-electron chi connectivity index (χ3n) is 2.22. The molecule has 0 aliphatic rings. The van der Waals surface area contributed by atoms with Gasteiger partial charge in [-0.2, -0.15) is 11.3 Å². The summed E-state index contributed by atoms with van der Waals surface area (Å²) in [7, 11) is 1.27. The summed E-state index contributed by atoms with van der Waals surface area (Å²) in [4.78, 5) is 11.2. The second-order valence-electron chi connectivity index (χ2n) is 3.20. The standard InChI is InChI=1S/C12H9FO2S/c1-15-12(14)8-2-3-10(11(13)6-8)9-4-5-16-7-9/h2-7H,1H3. The summed E-state index contributed by atoms with van der Waals surface area (Å²) < 4.78 is 18.2. The van der Waals surface area contributed by atoms with E-state index in [0.717, 1.165) is 5.56 Å². The fourth-order valence-corrected chi connectivity index (χ4v) is 2.07. The van der Waals surface area contributed by atoms with Gasteiger partial charge in [0, 0.05) is 5.56 Å². The highest BCUT2D eigenvalue weighted by Crippen LogP contribution is 2.25. The summed E-state index contributed by atoms with van der Waals surface area (Å²) in [6, 6.07) is 6.17. The first-order valence-electron chi connectivity index (χ1n) is 4.63. The molecule has 0 aliphatic heterocycles. The molecule has 0 bridgehead atoms. The quantitative estimate of drug-likeness (QED) is 0.747. The van der Waals surface area contributed by atoms with E-state index in [2.05, 4.69) is 4.74 Å². The van der Waals surface area contributed by atoms with Gasteiger partial charge in [-0.3, -0.25) is 0 Å². The third-order valence-corrected chi connectivity index (χ3v) is 2.91. The van der Waals surface area contributed by atoms with Gasteiger partial charge >= 0.3 is 5.97 Å². The van der Waals surface area contributed by atoms with Gasteiger partial charge in [0.05, 0.1) is 12.7 Å². The van der Waals surface area contributed by atoms with E-state index in [-0.39, 0.29) is 5.56 Å². The van der Waals surface area contributed by atoms with Gasteiger partial charge in [0.25, 0.3) is 0 Å². The van der Waals surface area contributed by atoms with E-state index in [1.54, 1.807) is 12.1 Å². The molecule has 0 spiro atoms. The van der Waals surface area contributed by atoms with E-state index in [1.165, 1.54) is 24.5 Å². The van der Waals surface area contributed by atoms with Crippen LogP contribution in [-0.2, 0) is 4.74 Å². The minimum absolute atomic E-state index is 0.221. The molecule has 0 atom stereocenters. The van der Waals surface area contributed by atoms with Crippen molar-refractivity contribution in [2.75, 3.05) is 7.11 Å². The van der Waals surface area contributed by atoms with Crippen molar-refractivity contribution in [1.29, 1.82) is 0 Å². The normalized spacial score (nSPS) is 10.1. The van der Waals surface area contributed by atoms with Crippen molar-refractivity contribution in [3.63, 3.8) is 0 Å². The number of rotatable bonds is 2. The number of thiophene rings is 1. The summed E-state index contributed by atoms with van der Waals surface area (Å²) >= 11 is 1.50. The smallest absolute Gasteiger partial charge is 0.337 e. The molecule has 16 heavy (non-hydrogen) atoms. The lowest BCUT2D eigenvalue weighted by Crippen LogP contribution is -2.01. The van der Waals surface area contributed by atoms with E-state index in [0.29, 0.717) is 5.56 Å². The Balaban J connectivity index is 2.41. The Bertz CT molecular complexity index is 506. The maximum atomic E-state index is 13.7. The molecule has 2 rings (SSSR count). The van der Waals surface area contributed by atoms with Crippen LogP contribution in [0.4, 0.5) is 4.39 Å². The Morgan fingerprint density at radius 3 is 2.75 bits per heavy atom. The molecular formula is C12H9FO2S. The fraction of sp³-hybridized carbons (Fsp3) is 0.0833. The van der Waals surface area contributed by atoms with Crippen LogP contribution in [0.3, 0.4) is 0 Å². The molecule has 0 N–H and O–H groups in total. The van der Waals surface area contributed by atoms with Crippen LogP contribution in [0.2, 0.25) is 0 Å².